The maximum absolute atomic E-state index is 12.4. The van der Waals surface area contributed by atoms with Crippen molar-refractivity contribution in [2.45, 2.75) is 47.1 Å². The van der Waals surface area contributed by atoms with Crippen LogP contribution in [0.25, 0.3) is 0 Å². The number of nitrogens with zero attached hydrogens (tertiary/aromatic N) is 2. The van der Waals surface area contributed by atoms with Gasteiger partial charge in [0.05, 0.1) is 7.11 Å². The maximum atomic E-state index is 12.4. The van der Waals surface area contributed by atoms with Gasteiger partial charge < -0.3 is 24.7 Å². The van der Waals surface area contributed by atoms with E-state index in [9.17, 15) is 14.9 Å². The van der Waals surface area contributed by atoms with Gasteiger partial charge >= 0.3 is 0 Å². The van der Waals surface area contributed by atoms with E-state index >= 15 is 0 Å². The fourth-order valence-electron chi connectivity index (χ4n) is 3.71. The van der Waals surface area contributed by atoms with E-state index < -0.39 is 5.56 Å². The van der Waals surface area contributed by atoms with Crippen molar-refractivity contribution in [1.29, 1.82) is 5.26 Å². The molecule has 0 bridgehead atoms. The molecule has 33 heavy (non-hydrogen) atoms. The number of hydrogen-bond acceptors (Lipinski definition) is 6. The molecular weight excluding hydrogens is 420 g/mol. The summed E-state index contributed by atoms with van der Waals surface area (Å²) in [5, 5.41) is 12.1. The first-order valence-corrected chi connectivity index (χ1v) is 11.3. The highest BCUT2D eigenvalue weighted by molar-refractivity contribution is 5.76. The third kappa shape index (κ3) is 7.09. The summed E-state index contributed by atoms with van der Waals surface area (Å²) in [7, 11) is 1.60. The molecule has 1 aromatic carbocycles. The predicted octanol–water partition coefficient (Wildman–Crippen LogP) is 2.84. The van der Waals surface area contributed by atoms with Crippen LogP contribution in [0.2, 0.25) is 0 Å². The van der Waals surface area contributed by atoms with E-state index in [1.165, 1.54) is 0 Å². The normalized spacial score (nSPS) is 10.7. The Morgan fingerprint density at radius 1 is 1.21 bits per heavy atom. The summed E-state index contributed by atoms with van der Waals surface area (Å²) >= 11 is 0. The van der Waals surface area contributed by atoms with Crippen LogP contribution >= 0.6 is 0 Å². The number of nitriles is 1. The maximum Gasteiger partial charge on any atom is 0.266 e. The molecule has 1 aromatic heterocycles. The summed E-state index contributed by atoms with van der Waals surface area (Å²) in [5.41, 5.74) is 2.75. The van der Waals surface area contributed by atoms with Crippen molar-refractivity contribution < 1.29 is 14.3 Å². The first-order chi connectivity index (χ1) is 15.8. The molecule has 0 saturated heterocycles. The first-order valence-electron chi connectivity index (χ1n) is 11.3. The van der Waals surface area contributed by atoms with Crippen LogP contribution < -0.4 is 20.3 Å². The highest BCUT2D eigenvalue weighted by Crippen LogP contribution is 2.28. The zero-order valence-corrected chi connectivity index (χ0v) is 20.2. The number of aromatic nitrogens is 1. The molecular formula is C25H34N4O4. The summed E-state index contributed by atoms with van der Waals surface area (Å²) in [5.74, 6) is 1.19. The number of rotatable bonds is 12. The van der Waals surface area contributed by atoms with Gasteiger partial charge in [-0.05, 0) is 62.2 Å². The van der Waals surface area contributed by atoms with Crippen LogP contribution in [-0.2, 0) is 17.8 Å². The molecule has 8 nitrogen and oxygen atoms in total. The van der Waals surface area contributed by atoms with Crippen molar-refractivity contribution >= 4 is 5.91 Å². The first kappa shape index (κ1) is 25.9. The van der Waals surface area contributed by atoms with Gasteiger partial charge in [-0.25, -0.2) is 0 Å². The van der Waals surface area contributed by atoms with Crippen molar-refractivity contribution in [3.05, 3.63) is 56.5 Å². The number of methoxy groups -OCH3 is 1. The Morgan fingerprint density at radius 2 is 1.94 bits per heavy atom. The van der Waals surface area contributed by atoms with Crippen molar-refractivity contribution in [1.82, 2.24) is 15.2 Å². The number of carbonyl (C=O) groups excluding carboxylic acids is 1. The molecule has 0 unspecified atom stereocenters. The van der Waals surface area contributed by atoms with Crippen molar-refractivity contribution in [2.75, 3.05) is 33.4 Å². The third-order valence-corrected chi connectivity index (χ3v) is 5.80. The average molecular weight is 455 g/mol. The van der Waals surface area contributed by atoms with E-state index in [2.05, 4.69) is 29.0 Å². The van der Waals surface area contributed by atoms with E-state index in [1.54, 1.807) is 21.0 Å². The topological polar surface area (TPSA) is 107 Å². The number of ether oxygens (including phenoxy) is 2. The van der Waals surface area contributed by atoms with Gasteiger partial charge in [0.2, 0.25) is 5.91 Å². The Morgan fingerprint density at radius 3 is 2.58 bits per heavy atom. The second-order valence-electron chi connectivity index (χ2n) is 7.81. The van der Waals surface area contributed by atoms with Gasteiger partial charge in [-0.1, -0.05) is 19.9 Å². The second-order valence-corrected chi connectivity index (χ2v) is 7.81. The predicted molar refractivity (Wildman–Crippen MR) is 128 cm³/mol. The lowest BCUT2D eigenvalue weighted by Crippen LogP contribution is -2.28. The molecule has 0 atom stereocenters. The van der Waals surface area contributed by atoms with Crippen molar-refractivity contribution in [3.63, 3.8) is 0 Å². The highest BCUT2D eigenvalue weighted by Gasteiger charge is 2.14. The van der Waals surface area contributed by atoms with Crippen LogP contribution in [0, 0.1) is 25.2 Å². The number of aromatic amines is 1. The molecule has 0 aliphatic rings. The number of pyridine rings is 1. The molecule has 178 valence electrons. The van der Waals surface area contributed by atoms with Crippen LogP contribution in [-0.4, -0.2) is 49.1 Å². The molecule has 2 aromatic rings. The Balaban J connectivity index is 1.92. The lowest BCUT2D eigenvalue weighted by atomic mass is 9.99. The summed E-state index contributed by atoms with van der Waals surface area (Å²) in [6, 6.07) is 7.57. The van der Waals surface area contributed by atoms with Gasteiger partial charge in [0, 0.05) is 25.2 Å². The monoisotopic (exact) mass is 454 g/mol. The van der Waals surface area contributed by atoms with Gasteiger partial charge in [-0.15, -0.1) is 0 Å². The van der Waals surface area contributed by atoms with E-state index in [0.29, 0.717) is 42.3 Å². The molecule has 8 heteroatoms. The van der Waals surface area contributed by atoms with Gasteiger partial charge in [-0.3, -0.25) is 9.59 Å². The van der Waals surface area contributed by atoms with E-state index in [1.807, 2.05) is 24.3 Å². The van der Waals surface area contributed by atoms with E-state index in [0.717, 1.165) is 30.8 Å². The molecule has 0 fully saturated rings. The lowest BCUT2D eigenvalue weighted by molar-refractivity contribution is -0.121. The quantitative estimate of drug-likeness (QED) is 0.511. The lowest BCUT2D eigenvalue weighted by Gasteiger charge is -2.19. The molecule has 1 amide bonds. The zero-order valence-electron chi connectivity index (χ0n) is 20.2. The number of hydrogen-bond donors (Lipinski definition) is 2. The van der Waals surface area contributed by atoms with Gasteiger partial charge in [0.15, 0.2) is 11.5 Å². The minimum atomic E-state index is -0.393. The van der Waals surface area contributed by atoms with Gasteiger partial charge in [0.1, 0.15) is 18.2 Å². The Kier molecular flexibility index (Phi) is 9.95. The van der Waals surface area contributed by atoms with Crippen LogP contribution in [0.5, 0.6) is 11.5 Å². The third-order valence-electron chi connectivity index (χ3n) is 5.80. The number of likely N-dealkylation sites (N-methyl/N-ethyl adjacent to an activating group) is 1. The van der Waals surface area contributed by atoms with Crippen LogP contribution in [0.3, 0.4) is 0 Å². The summed E-state index contributed by atoms with van der Waals surface area (Å²) in [4.78, 5) is 29.2. The highest BCUT2D eigenvalue weighted by atomic mass is 16.5. The standard InChI is InChI=1S/C25H34N4O4/c1-6-29(7-2)12-13-33-22-10-8-19(14-23(22)32-5)16-27-24(30)11-9-20-17(3)21(15-26)25(31)28-18(20)4/h8,10,14H,6-7,9,11-13,16H2,1-5H3,(H,27,30)(H,28,31). The molecule has 2 rings (SSSR count). The largest absolute Gasteiger partial charge is 0.493 e. The Labute approximate surface area is 195 Å². The van der Waals surface area contributed by atoms with Gasteiger partial charge in [-0.2, -0.15) is 5.26 Å². The average Bonchev–Trinajstić information content (AvgIpc) is 2.80. The number of H-pyrrole nitrogens is 1. The molecule has 0 saturated carbocycles. The van der Waals surface area contributed by atoms with E-state index in [4.69, 9.17) is 9.47 Å². The molecule has 2 N–H and O–H groups in total. The Hall–Kier alpha value is -3.31. The smallest absolute Gasteiger partial charge is 0.266 e. The van der Waals surface area contributed by atoms with Crippen molar-refractivity contribution in [3.8, 4) is 17.6 Å². The fourth-order valence-corrected chi connectivity index (χ4v) is 3.71. The molecule has 0 radical (unpaired) electrons. The minimum Gasteiger partial charge on any atom is -0.493 e. The number of amides is 1. The summed E-state index contributed by atoms with van der Waals surface area (Å²) in [6.07, 6.45) is 0.694. The summed E-state index contributed by atoms with van der Waals surface area (Å²) < 4.78 is 11.3. The van der Waals surface area contributed by atoms with Crippen LogP contribution in [0.4, 0.5) is 0 Å². The van der Waals surface area contributed by atoms with Crippen molar-refractivity contribution in [2.24, 2.45) is 0 Å². The molecule has 1 heterocycles. The molecule has 0 aliphatic heterocycles. The fraction of sp³-hybridized carbons (Fsp3) is 0.480. The second kappa shape index (κ2) is 12.7. The number of aryl methyl sites for hydroxylation is 1. The minimum absolute atomic E-state index is 0.0995. The Bertz CT molecular complexity index is 1050. The van der Waals surface area contributed by atoms with Crippen LogP contribution in [0.1, 0.15) is 48.2 Å². The molecule has 0 aliphatic carbocycles. The SMILES string of the molecule is CCN(CC)CCOc1ccc(CNC(=O)CCc2c(C)[nH]c(=O)c(C#N)c2C)cc1OC. The summed E-state index contributed by atoms with van der Waals surface area (Å²) in [6.45, 7) is 11.5. The molecule has 0 spiro atoms. The zero-order chi connectivity index (χ0) is 24.4. The van der Waals surface area contributed by atoms with E-state index in [-0.39, 0.29) is 17.9 Å². The number of benzene rings is 1. The van der Waals surface area contributed by atoms with Gasteiger partial charge in [0.25, 0.3) is 5.56 Å². The number of nitrogens with one attached hydrogen (secondary N) is 2. The van der Waals surface area contributed by atoms with Crippen LogP contribution in [0.15, 0.2) is 23.0 Å². The number of carbonyl (C=O) groups is 1.